The van der Waals surface area contributed by atoms with Crippen LogP contribution in [0.3, 0.4) is 0 Å². The van der Waals surface area contributed by atoms with Crippen molar-refractivity contribution in [2.24, 2.45) is 0 Å². The Labute approximate surface area is 124 Å². The van der Waals surface area contributed by atoms with E-state index < -0.39 is 4.92 Å². The zero-order chi connectivity index (χ0) is 14.5. The Kier molecular flexibility index (Phi) is 4.57. The van der Waals surface area contributed by atoms with Crippen molar-refractivity contribution in [3.63, 3.8) is 0 Å². The monoisotopic (exact) mass is 337 g/mol. The van der Waals surface area contributed by atoms with E-state index in [1.807, 2.05) is 18.2 Å². The minimum atomic E-state index is -0.440. The van der Waals surface area contributed by atoms with E-state index in [4.69, 9.17) is 9.47 Å². The Morgan fingerprint density at radius 3 is 2.45 bits per heavy atom. The van der Waals surface area contributed by atoms with Crippen LogP contribution < -0.4 is 9.47 Å². The number of rotatable bonds is 5. The van der Waals surface area contributed by atoms with E-state index in [-0.39, 0.29) is 5.69 Å². The summed E-state index contributed by atoms with van der Waals surface area (Å²) in [5.41, 5.74) is 1.01. The average Bonchev–Trinajstić information content (AvgIpc) is 2.45. The van der Waals surface area contributed by atoms with Crippen LogP contribution in [0.1, 0.15) is 5.56 Å². The highest BCUT2D eigenvalue weighted by molar-refractivity contribution is 9.10. The molecular weight excluding hydrogens is 326 g/mol. The lowest BCUT2D eigenvalue weighted by Crippen LogP contribution is -1.96. The lowest BCUT2D eigenvalue weighted by molar-refractivity contribution is -0.384. The zero-order valence-electron chi connectivity index (χ0n) is 10.7. The summed E-state index contributed by atoms with van der Waals surface area (Å²) in [6, 6.07) is 11.6. The summed E-state index contributed by atoms with van der Waals surface area (Å²) in [7, 11) is 1.60. The van der Waals surface area contributed by atoms with Crippen molar-refractivity contribution in [1.82, 2.24) is 0 Å². The fraction of sp³-hybridized carbons (Fsp3) is 0.143. The van der Waals surface area contributed by atoms with Crippen molar-refractivity contribution < 1.29 is 14.4 Å². The third-order valence-corrected chi connectivity index (χ3v) is 3.29. The van der Waals surface area contributed by atoms with E-state index in [1.165, 1.54) is 12.1 Å². The second kappa shape index (κ2) is 6.38. The first-order chi connectivity index (χ1) is 9.60. The van der Waals surface area contributed by atoms with Gasteiger partial charge in [-0.1, -0.05) is 6.07 Å². The van der Waals surface area contributed by atoms with Crippen molar-refractivity contribution in [2.75, 3.05) is 7.11 Å². The van der Waals surface area contributed by atoms with Crippen LogP contribution >= 0.6 is 15.9 Å². The Hall–Kier alpha value is -2.08. The van der Waals surface area contributed by atoms with Gasteiger partial charge in [-0.25, -0.2) is 0 Å². The fourth-order valence-corrected chi connectivity index (χ4v) is 2.22. The maximum atomic E-state index is 10.5. The lowest BCUT2D eigenvalue weighted by atomic mass is 10.2. The molecule has 5 nitrogen and oxygen atoms in total. The van der Waals surface area contributed by atoms with Gasteiger partial charge in [0.05, 0.1) is 16.5 Å². The van der Waals surface area contributed by atoms with Gasteiger partial charge in [-0.05, 0) is 45.8 Å². The van der Waals surface area contributed by atoms with Gasteiger partial charge in [-0.2, -0.15) is 0 Å². The molecule has 0 aliphatic rings. The van der Waals surface area contributed by atoms with Crippen molar-refractivity contribution in [2.45, 2.75) is 6.61 Å². The molecule has 0 aromatic heterocycles. The number of nitro groups is 1. The van der Waals surface area contributed by atoms with E-state index in [1.54, 1.807) is 19.2 Å². The van der Waals surface area contributed by atoms with Crippen LogP contribution in [-0.2, 0) is 6.61 Å². The van der Waals surface area contributed by atoms with E-state index in [2.05, 4.69) is 15.9 Å². The first kappa shape index (κ1) is 14.3. The minimum Gasteiger partial charge on any atom is -0.496 e. The topological polar surface area (TPSA) is 61.6 Å². The highest BCUT2D eigenvalue weighted by atomic mass is 79.9. The minimum absolute atomic E-state index is 0.0459. The number of hydrogen-bond acceptors (Lipinski definition) is 4. The lowest BCUT2D eigenvalue weighted by Gasteiger charge is -2.08. The van der Waals surface area contributed by atoms with Crippen molar-refractivity contribution in [1.29, 1.82) is 0 Å². The Balaban J connectivity index is 2.01. The third-order valence-electron chi connectivity index (χ3n) is 2.67. The SMILES string of the molecule is COc1ccc(COc2ccc([N+](=O)[O-])cc2)cc1Br. The number of halogens is 1. The Morgan fingerprint density at radius 2 is 1.90 bits per heavy atom. The number of hydrogen-bond donors (Lipinski definition) is 0. The molecule has 0 bridgehead atoms. The predicted octanol–water partition coefficient (Wildman–Crippen LogP) is 3.94. The van der Waals surface area contributed by atoms with Crippen LogP contribution in [0.5, 0.6) is 11.5 Å². The van der Waals surface area contributed by atoms with Gasteiger partial charge in [-0.15, -0.1) is 0 Å². The second-order valence-electron chi connectivity index (χ2n) is 4.01. The van der Waals surface area contributed by atoms with E-state index in [0.29, 0.717) is 12.4 Å². The molecule has 0 amide bonds. The summed E-state index contributed by atoms with van der Waals surface area (Å²) in [4.78, 5) is 10.1. The normalized spacial score (nSPS) is 10.1. The number of nitro benzene ring substituents is 1. The maximum Gasteiger partial charge on any atom is 0.269 e. The molecule has 0 unspecified atom stereocenters. The molecule has 0 N–H and O–H groups in total. The van der Waals surface area contributed by atoms with Gasteiger partial charge in [-0.3, -0.25) is 10.1 Å². The van der Waals surface area contributed by atoms with E-state index in [0.717, 1.165) is 15.8 Å². The molecule has 20 heavy (non-hydrogen) atoms. The predicted molar refractivity (Wildman–Crippen MR) is 78.1 cm³/mol. The molecular formula is C14H12BrNO4. The highest BCUT2D eigenvalue weighted by Gasteiger charge is 2.05. The molecule has 0 saturated heterocycles. The molecule has 0 aliphatic heterocycles. The largest absolute Gasteiger partial charge is 0.496 e. The number of benzene rings is 2. The van der Waals surface area contributed by atoms with Gasteiger partial charge in [0.25, 0.3) is 5.69 Å². The average molecular weight is 338 g/mol. The second-order valence-corrected chi connectivity index (χ2v) is 4.86. The van der Waals surface area contributed by atoms with Crippen molar-refractivity contribution in [3.05, 3.63) is 62.6 Å². The summed E-state index contributed by atoms with van der Waals surface area (Å²) in [5.74, 6) is 1.34. The molecule has 0 fully saturated rings. The summed E-state index contributed by atoms with van der Waals surface area (Å²) in [6.07, 6.45) is 0. The standard InChI is InChI=1S/C14H12BrNO4/c1-19-14-7-2-10(8-13(14)15)9-20-12-5-3-11(4-6-12)16(17)18/h2-8H,9H2,1H3. The first-order valence-corrected chi connectivity index (χ1v) is 6.59. The summed E-state index contributed by atoms with van der Waals surface area (Å²) in [6.45, 7) is 0.375. The third kappa shape index (κ3) is 3.48. The number of nitrogens with zero attached hydrogens (tertiary/aromatic N) is 1. The smallest absolute Gasteiger partial charge is 0.269 e. The summed E-state index contributed by atoms with van der Waals surface area (Å²) >= 11 is 3.40. The zero-order valence-corrected chi connectivity index (χ0v) is 12.3. The number of non-ortho nitro benzene ring substituents is 1. The van der Waals surface area contributed by atoms with E-state index in [9.17, 15) is 10.1 Å². The van der Waals surface area contributed by atoms with Gasteiger partial charge in [0, 0.05) is 12.1 Å². The summed E-state index contributed by atoms with van der Waals surface area (Å²) in [5, 5.41) is 10.5. The van der Waals surface area contributed by atoms with E-state index >= 15 is 0 Å². The Morgan fingerprint density at radius 1 is 1.20 bits per heavy atom. The molecule has 2 aromatic carbocycles. The molecule has 2 rings (SSSR count). The van der Waals surface area contributed by atoms with Gasteiger partial charge in [0.1, 0.15) is 18.1 Å². The molecule has 0 atom stereocenters. The molecule has 2 aromatic rings. The molecule has 0 radical (unpaired) electrons. The van der Waals surface area contributed by atoms with Crippen LogP contribution in [-0.4, -0.2) is 12.0 Å². The van der Waals surface area contributed by atoms with Gasteiger partial charge in [0.15, 0.2) is 0 Å². The molecule has 104 valence electrons. The van der Waals surface area contributed by atoms with Crippen molar-refractivity contribution >= 4 is 21.6 Å². The Bertz CT molecular complexity index is 613. The molecule has 0 spiro atoms. The number of ether oxygens (including phenoxy) is 2. The maximum absolute atomic E-state index is 10.5. The van der Waals surface area contributed by atoms with Gasteiger partial charge >= 0.3 is 0 Å². The van der Waals surface area contributed by atoms with Crippen LogP contribution in [0.15, 0.2) is 46.9 Å². The number of methoxy groups -OCH3 is 1. The quantitative estimate of drug-likeness (QED) is 0.612. The summed E-state index contributed by atoms with van der Waals surface area (Å²) < 4.78 is 11.6. The molecule has 0 aliphatic carbocycles. The van der Waals surface area contributed by atoms with Crippen LogP contribution in [0, 0.1) is 10.1 Å². The molecule has 0 heterocycles. The first-order valence-electron chi connectivity index (χ1n) is 5.80. The van der Waals surface area contributed by atoms with Crippen molar-refractivity contribution in [3.8, 4) is 11.5 Å². The van der Waals surface area contributed by atoms with Gasteiger partial charge in [0.2, 0.25) is 0 Å². The van der Waals surface area contributed by atoms with Crippen LogP contribution in [0.2, 0.25) is 0 Å². The van der Waals surface area contributed by atoms with Crippen LogP contribution in [0.4, 0.5) is 5.69 Å². The van der Waals surface area contributed by atoms with Crippen LogP contribution in [0.25, 0.3) is 0 Å². The van der Waals surface area contributed by atoms with Gasteiger partial charge < -0.3 is 9.47 Å². The highest BCUT2D eigenvalue weighted by Crippen LogP contribution is 2.26. The fourth-order valence-electron chi connectivity index (χ4n) is 1.63. The molecule has 6 heteroatoms. The molecule has 0 saturated carbocycles.